The first-order chi connectivity index (χ1) is 9.61. The summed E-state index contributed by atoms with van der Waals surface area (Å²) < 4.78 is 10.8. The van der Waals surface area contributed by atoms with Crippen molar-refractivity contribution in [2.75, 3.05) is 0 Å². The standard InChI is InChI=1S/C13H12ClN3O2S/c1-7(2)12-16-11(19-17-12)6-20-13-15-9-4-3-8(14)5-10(9)18-13/h3-5,7H,6H2,1-2H3. The average Bonchev–Trinajstić information content (AvgIpc) is 3.01. The molecule has 0 aliphatic carbocycles. The molecule has 7 heteroatoms. The van der Waals surface area contributed by atoms with Gasteiger partial charge in [-0.05, 0) is 12.1 Å². The summed E-state index contributed by atoms with van der Waals surface area (Å²) in [4.78, 5) is 8.66. The summed E-state index contributed by atoms with van der Waals surface area (Å²) in [6, 6.07) is 5.36. The number of aromatic nitrogens is 3. The molecule has 0 N–H and O–H groups in total. The lowest BCUT2D eigenvalue weighted by atomic mass is 10.2. The SMILES string of the molecule is CC(C)c1noc(CSc2nc3ccc(Cl)cc3o2)n1. The van der Waals surface area contributed by atoms with Crippen LogP contribution >= 0.6 is 23.4 Å². The van der Waals surface area contributed by atoms with E-state index in [4.69, 9.17) is 20.5 Å². The van der Waals surface area contributed by atoms with Gasteiger partial charge in [-0.1, -0.05) is 42.4 Å². The molecule has 0 aliphatic rings. The van der Waals surface area contributed by atoms with Crippen LogP contribution in [0.25, 0.3) is 11.1 Å². The van der Waals surface area contributed by atoms with Gasteiger partial charge in [0.2, 0.25) is 5.89 Å². The fourth-order valence-corrected chi connectivity index (χ4v) is 2.46. The molecule has 0 bridgehead atoms. The molecule has 5 nitrogen and oxygen atoms in total. The van der Waals surface area contributed by atoms with Crippen molar-refractivity contribution in [2.24, 2.45) is 0 Å². The largest absolute Gasteiger partial charge is 0.431 e. The molecule has 0 spiro atoms. The molecule has 0 aliphatic heterocycles. The maximum absolute atomic E-state index is 5.91. The predicted octanol–water partition coefficient (Wildman–Crippen LogP) is 4.28. The number of nitrogens with zero attached hydrogens (tertiary/aromatic N) is 3. The molecule has 2 aromatic heterocycles. The molecule has 0 saturated heterocycles. The zero-order chi connectivity index (χ0) is 14.1. The Morgan fingerprint density at radius 3 is 2.90 bits per heavy atom. The van der Waals surface area contributed by atoms with Crippen molar-refractivity contribution in [2.45, 2.75) is 30.7 Å². The molecule has 0 fully saturated rings. The van der Waals surface area contributed by atoms with Gasteiger partial charge < -0.3 is 8.94 Å². The first kappa shape index (κ1) is 13.5. The van der Waals surface area contributed by atoms with Gasteiger partial charge in [-0.15, -0.1) is 0 Å². The van der Waals surface area contributed by atoms with Gasteiger partial charge in [0, 0.05) is 17.0 Å². The molecule has 0 unspecified atom stereocenters. The second-order valence-electron chi connectivity index (χ2n) is 4.58. The Labute approximate surface area is 124 Å². The van der Waals surface area contributed by atoms with Crippen LogP contribution < -0.4 is 0 Å². The number of thioether (sulfide) groups is 1. The minimum atomic E-state index is 0.254. The normalized spacial score (nSPS) is 11.6. The zero-order valence-electron chi connectivity index (χ0n) is 11.0. The summed E-state index contributed by atoms with van der Waals surface area (Å²) in [6.07, 6.45) is 0. The highest BCUT2D eigenvalue weighted by Crippen LogP contribution is 2.27. The van der Waals surface area contributed by atoms with Gasteiger partial charge in [-0.25, -0.2) is 4.98 Å². The van der Waals surface area contributed by atoms with Gasteiger partial charge in [-0.3, -0.25) is 0 Å². The maximum atomic E-state index is 5.91. The highest BCUT2D eigenvalue weighted by molar-refractivity contribution is 7.98. The fraction of sp³-hybridized carbons (Fsp3) is 0.308. The lowest BCUT2D eigenvalue weighted by Gasteiger charge is -1.92. The van der Waals surface area contributed by atoms with Crippen LogP contribution in [0.4, 0.5) is 0 Å². The fourth-order valence-electron chi connectivity index (χ4n) is 1.62. The van der Waals surface area contributed by atoms with Crippen molar-refractivity contribution < 1.29 is 8.94 Å². The van der Waals surface area contributed by atoms with Crippen LogP contribution in [0.15, 0.2) is 32.4 Å². The van der Waals surface area contributed by atoms with Gasteiger partial charge in [0.1, 0.15) is 5.52 Å². The number of hydrogen-bond donors (Lipinski definition) is 0. The molecule has 3 aromatic rings. The van der Waals surface area contributed by atoms with E-state index in [-0.39, 0.29) is 5.92 Å². The van der Waals surface area contributed by atoms with Crippen LogP contribution in [0.2, 0.25) is 5.02 Å². The molecule has 0 saturated carbocycles. The van der Waals surface area contributed by atoms with E-state index in [2.05, 4.69) is 15.1 Å². The van der Waals surface area contributed by atoms with E-state index in [0.717, 1.165) is 5.52 Å². The smallest absolute Gasteiger partial charge is 0.257 e. The van der Waals surface area contributed by atoms with Crippen LogP contribution in [0.1, 0.15) is 31.5 Å². The lowest BCUT2D eigenvalue weighted by Crippen LogP contribution is -1.90. The summed E-state index contributed by atoms with van der Waals surface area (Å²) in [6.45, 7) is 4.04. The van der Waals surface area contributed by atoms with Crippen molar-refractivity contribution in [3.63, 3.8) is 0 Å². The van der Waals surface area contributed by atoms with Crippen LogP contribution in [-0.4, -0.2) is 15.1 Å². The van der Waals surface area contributed by atoms with Crippen molar-refractivity contribution >= 4 is 34.5 Å². The molecule has 2 heterocycles. The second kappa shape index (κ2) is 5.46. The van der Waals surface area contributed by atoms with Crippen LogP contribution in [-0.2, 0) is 5.75 Å². The Morgan fingerprint density at radius 1 is 1.30 bits per heavy atom. The molecule has 3 rings (SSSR count). The Balaban J connectivity index is 1.72. The van der Waals surface area contributed by atoms with Crippen molar-refractivity contribution in [3.05, 3.63) is 34.9 Å². The van der Waals surface area contributed by atoms with Gasteiger partial charge in [-0.2, -0.15) is 4.98 Å². The first-order valence-corrected chi connectivity index (χ1v) is 7.49. The first-order valence-electron chi connectivity index (χ1n) is 6.13. The third-order valence-electron chi connectivity index (χ3n) is 2.65. The van der Waals surface area contributed by atoms with Gasteiger partial charge >= 0.3 is 0 Å². The summed E-state index contributed by atoms with van der Waals surface area (Å²) in [5.41, 5.74) is 1.46. The third-order valence-corrected chi connectivity index (χ3v) is 3.70. The van der Waals surface area contributed by atoms with Crippen molar-refractivity contribution in [1.82, 2.24) is 15.1 Å². The van der Waals surface area contributed by atoms with Gasteiger partial charge in [0.25, 0.3) is 5.22 Å². The molecular formula is C13H12ClN3O2S. The van der Waals surface area contributed by atoms with Crippen LogP contribution in [0, 0.1) is 0 Å². The monoisotopic (exact) mass is 309 g/mol. The summed E-state index contributed by atoms with van der Waals surface area (Å²) in [7, 11) is 0. The number of fused-ring (bicyclic) bond motifs is 1. The summed E-state index contributed by atoms with van der Waals surface area (Å²) in [5.74, 6) is 2.06. The number of oxazole rings is 1. The van der Waals surface area contributed by atoms with Crippen LogP contribution in [0.5, 0.6) is 0 Å². The quantitative estimate of drug-likeness (QED) is 0.670. The maximum Gasteiger partial charge on any atom is 0.257 e. The highest BCUT2D eigenvalue weighted by Gasteiger charge is 2.12. The van der Waals surface area contributed by atoms with E-state index in [1.54, 1.807) is 12.1 Å². The van der Waals surface area contributed by atoms with E-state index < -0.39 is 0 Å². The Hall–Kier alpha value is -1.53. The zero-order valence-corrected chi connectivity index (χ0v) is 12.5. The third kappa shape index (κ3) is 2.81. The Kier molecular flexibility index (Phi) is 3.67. The molecular weight excluding hydrogens is 298 g/mol. The van der Waals surface area contributed by atoms with Crippen molar-refractivity contribution in [3.8, 4) is 0 Å². The molecule has 20 heavy (non-hydrogen) atoms. The number of hydrogen-bond acceptors (Lipinski definition) is 6. The number of benzene rings is 1. The van der Waals surface area contributed by atoms with E-state index in [9.17, 15) is 0 Å². The van der Waals surface area contributed by atoms with E-state index >= 15 is 0 Å². The molecule has 104 valence electrons. The van der Waals surface area contributed by atoms with E-state index in [1.165, 1.54) is 11.8 Å². The number of halogens is 1. The van der Waals surface area contributed by atoms with Crippen LogP contribution in [0.3, 0.4) is 0 Å². The number of rotatable bonds is 4. The molecule has 0 atom stereocenters. The minimum Gasteiger partial charge on any atom is -0.431 e. The van der Waals surface area contributed by atoms with Gasteiger partial charge in [0.15, 0.2) is 11.4 Å². The predicted molar refractivity (Wildman–Crippen MR) is 77.0 cm³/mol. The van der Waals surface area contributed by atoms with Gasteiger partial charge in [0.05, 0.1) is 5.75 Å². The van der Waals surface area contributed by atoms with Crippen molar-refractivity contribution in [1.29, 1.82) is 0 Å². The van der Waals surface area contributed by atoms with E-state index in [1.807, 2.05) is 19.9 Å². The topological polar surface area (TPSA) is 65.0 Å². The molecule has 1 aromatic carbocycles. The molecule has 0 amide bonds. The summed E-state index contributed by atoms with van der Waals surface area (Å²) in [5, 5.41) is 5.10. The average molecular weight is 310 g/mol. The highest BCUT2D eigenvalue weighted by atomic mass is 35.5. The lowest BCUT2D eigenvalue weighted by molar-refractivity contribution is 0.382. The Bertz CT molecular complexity index is 738. The second-order valence-corrected chi connectivity index (χ2v) is 5.94. The summed E-state index contributed by atoms with van der Waals surface area (Å²) >= 11 is 7.32. The Morgan fingerprint density at radius 2 is 2.15 bits per heavy atom. The molecule has 0 radical (unpaired) electrons. The minimum absolute atomic E-state index is 0.254. The van der Waals surface area contributed by atoms with E-state index in [0.29, 0.717) is 33.3 Å².